The van der Waals surface area contributed by atoms with Crippen molar-refractivity contribution in [1.29, 1.82) is 5.26 Å². The first-order valence-electron chi connectivity index (χ1n) is 3.09. The molecule has 0 radical (unpaired) electrons. The molecule has 0 saturated carbocycles. The third-order valence-corrected chi connectivity index (χ3v) is 1.65. The number of hydrogen-bond acceptors (Lipinski definition) is 1. The molecule has 0 spiro atoms. The van der Waals surface area contributed by atoms with Crippen LogP contribution < -0.4 is 0 Å². The van der Waals surface area contributed by atoms with Crippen molar-refractivity contribution < 1.29 is 4.39 Å². The lowest BCUT2D eigenvalue weighted by Gasteiger charge is -2.34. The lowest BCUT2D eigenvalue weighted by atomic mass is 9.92. The molecule has 0 aliphatic heterocycles. The summed E-state index contributed by atoms with van der Waals surface area (Å²) in [4.78, 5) is 0. The molecule has 2 nitrogen and oxygen atoms in total. The maximum atomic E-state index is 8.32. The lowest BCUT2D eigenvalue weighted by Crippen LogP contribution is -2.42. The van der Waals surface area contributed by atoms with E-state index in [0.29, 0.717) is 0 Å². The van der Waals surface area contributed by atoms with Gasteiger partial charge in [0.25, 0.3) is 7.41 Å². The van der Waals surface area contributed by atoms with Crippen LogP contribution in [0.15, 0.2) is 0 Å². The van der Waals surface area contributed by atoms with Crippen LogP contribution in [0.25, 0.3) is 0 Å². The molecular formula is C5H13BN2. The molecule has 8 heavy (non-hydrogen) atoms. The second-order valence-corrected chi connectivity index (χ2v) is 3.05. The van der Waals surface area contributed by atoms with E-state index in [4.69, 9.17) is 5.26 Å². The van der Waals surface area contributed by atoms with Gasteiger partial charge in [-0.3, -0.25) is 0 Å². The van der Waals surface area contributed by atoms with Gasteiger partial charge in [0, 0.05) is 20.6 Å². The van der Waals surface area contributed by atoms with Crippen molar-refractivity contribution in [2.75, 3.05) is 20.6 Å². The summed E-state index contributed by atoms with van der Waals surface area (Å²) >= 11 is 0. The smallest absolute Gasteiger partial charge is 0.281 e. The average Bonchev–Trinajstić information content (AvgIpc) is 1.67. The predicted molar refractivity (Wildman–Crippen MR) is 36.8 cm³/mol. The quantitative estimate of drug-likeness (QED) is 0.448. The molecule has 46 valence electrons. The Morgan fingerprint density at radius 1 is 1.62 bits per heavy atom. The van der Waals surface area contributed by atoms with Gasteiger partial charge in [-0.2, -0.15) is 0 Å². The molecule has 0 N–H and O–H groups in total. The summed E-state index contributed by atoms with van der Waals surface area (Å²) in [5, 5.41) is 8.32. The van der Waals surface area contributed by atoms with Crippen LogP contribution in [0, 0.1) is 11.2 Å². The zero-order valence-electron chi connectivity index (χ0n) is 6.10. The summed E-state index contributed by atoms with van der Waals surface area (Å²) in [7, 11) is 3.81. The van der Waals surface area contributed by atoms with Crippen LogP contribution in [-0.4, -0.2) is 32.4 Å². The van der Waals surface area contributed by atoms with E-state index >= 15 is 0 Å². The highest BCUT2D eigenvalue weighted by atomic mass is 15.2. The van der Waals surface area contributed by atoms with Crippen LogP contribution in [0.3, 0.4) is 0 Å². The van der Waals surface area contributed by atoms with Crippen molar-refractivity contribution in [3.05, 3.63) is 0 Å². The van der Waals surface area contributed by atoms with Crippen LogP contribution in [-0.2, 0) is 0 Å². The molecule has 0 aliphatic rings. The lowest BCUT2D eigenvalue weighted by molar-refractivity contribution is -0.775. The highest BCUT2D eigenvalue weighted by Gasteiger charge is 2.01. The van der Waals surface area contributed by atoms with Gasteiger partial charge in [-0.15, -0.1) is 0 Å². The van der Waals surface area contributed by atoms with Crippen molar-refractivity contribution in [2.45, 2.75) is 6.92 Å². The number of rotatable bonds is 2. The highest BCUT2D eigenvalue weighted by molar-refractivity contribution is 6.36. The van der Waals surface area contributed by atoms with Gasteiger partial charge in [-0.1, -0.05) is 5.97 Å². The maximum absolute atomic E-state index is 8.32. The molecule has 0 atom stereocenters. The van der Waals surface area contributed by atoms with E-state index in [1.165, 1.54) is 0 Å². The first kappa shape index (κ1) is 7.51. The fourth-order valence-electron chi connectivity index (χ4n) is 0.429. The van der Waals surface area contributed by atoms with E-state index in [1.54, 1.807) is 0 Å². The van der Waals surface area contributed by atoms with E-state index in [0.717, 1.165) is 10.9 Å². The third kappa shape index (κ3) is 2.65. The van der Waals surface area contributed by atoms with Crippen molar-refractivity contribution >= 4 is 7.41 Å². The molecule has 0 amide bonds. The molecule has 0 bridgehead atoms. The van der Waals surface area contributed by atoms with Gasteiger partial charge >= 0.3 is 0 Å². The molecule has 0 saturated heterocycles. The molecule has 3 heteroatoms. The van der Waals surface area contributed by atoms with Gasteiger partial charge in [-0.05, 0) is 6.92 Å². The Labute approximate surface area is 51.6 Å². The van der Waals surface area contributed by atoms with E-state index in [9.17, 15) is 0 Å². The first-order valence-corrected chi connectivity index (χ1v) is 3.09. The molecule has 0 unspecified atom stereocenters. The van der Waals surface area contributed by atoms with Crippen LogP contribution in [0.1, 0.15) is 6.92 Å². The molecular weight excluding hydrogens is 98.9 g/mol. The van der Waals surface area contributed by atoms with Crippen LogP contribution in [0.4, 0.5) is 0 Å². The number of nitriles is 1. The first-order chi connectivity index (χ1) is 3.62. The van der Waals surface area contributed by atoms with Crippen molar-refractivity contribution in [2.24, 2.45) is 0 Å². The standard InChI is InChI=1S/C5H13BN2/c1-4-8(2,3)6-5-7/h4,6H2,1-3H3. The minimum atomic E-state index is -0.396. The normalized spacial score (nSPS) is 10.8. The van der Waals surface area contributed by atoms with Gasteiger partial charge in [0.2, 0.25) is 0 Å². The van der Waals surface area contributed by atoms with E-state index in [-0.39, 0.29) is 0 Å². The molecule has 0 aromatic carbocycles. The molecule has 0 aliphatic carbocycles. The van der Waals surface area contributed by atoms with Gasteiger partial charge in [0.1, 0.15) is 0 Å². The van der Waals surface area contributed by atoms with E-state index < -0.39 is 7.41 Å². The fraction of sp³-hybridized carbons (Fsp3) is 0.800. The summed E-state index contributed by atoms with van der Waals surface area (Å²) in [6, 6.07) is 0. The SMILES string of the molecule is CC[N+](C)(C)[BH2-]C#N. The Morgan fingerprint density at radius 2 is 2.12 bits per heavy atom. The largest absolute Gasteiger partial charge is 0.513 e. The Bertz CT molecular complexity index is 103. The zero-order valence-corrected chi connectivity index (χ0v) is 6.10. The molecule has 0 aromatic heterocycles. The average molecular weight is 112 g/mol. The van der Waals surface area contributed by atoms with Crippen LogP contribution in [0.5, 0.6) is 0 Å². The van der Waals surface area contributed by atoms with Crippen molar-refractivity contribution in [3.63, 3.8) is 0 Å². The second kappa shape index (κ2) is 2.73. The Balaban J connectivity index is 3.58. The number of quaternary nitrogens is 1. The summed E-state index contributed by atoms with van der Waals surface area (Å²) < 4.78 is 0.927. The van der Waals surface area contributed by atoms with Gasteiger partial charge in [0.15, 0.2) is 0 Å². The van der Waals surface area contributed by atoms with E-state index in [1.807, 2.05) is 0 Å². The topological polar surface area (TPSA) is 23.8 Å². The maximum Gasteiger partial charge on any atom is 0.281 e. The van der Waals surface area contributed by atoms with Crippen molar-refractivity contribution in [3.8, 4) is 5.97 Å². The predicted octanol–water partition coefficient (Wildman–Crippen LogP) is -0.352. The summed E-state index contributed by atoms with van der Waals surface area (Å²) in [5.41, 5.74) is 0. The second-order valence-electron chi connectivity index (χ2n) is 3.05. The summed E-state index contributed by atoms with van der Waals surface area (Å²) in [6.45, 7) is 3.19. The zero-order chi connectivity index (χ0) is 6.62. The summed E-state index contributed by atoms with van der Waals surface area (Å²) in [5.74, 6) is 2.26. The van der Waals surface area contributed by atoms with Gasteiger partial charge in [-0.25, -0.2) is 5.26 Å². The minimum Gasteiger partial charge on any atom is -0.513 e. The van der Waals surface area contributed by atoms with Crippen LogP contribution in [0.2, 0.25) is 0 Å². The number of hydrogen-bond donors (Lipinski definition) is 0. The highest BCUT2D eigenvalue weighted by Crippen LogP contribution is 1.88. The molecule has 0 fully saturated rings. The van der Waals surface area contributed by atoms with Crippen molar-refractivity contribution in [1.82, 2.24) is 0 Å². The van der Waals surface area contributed by atoms with Gasteiger partial charge in [0.05, 0.1) is 0 Å². The molecule has 0 rings (SSSR count). The molecule has 0 heterocycles. The Morgan fingerprint density at radius 3 is 2.25 bits per heavy atom. The number of nitrogens with zero attached hydrogens (tertiary/aromatic N) is 2. The fourth-order valence-corrected chi connectivity index (χ4v) is 0.429. The third-order valence-electron chi connectivity index (χ3n) is 1.65. The minimum absolute atomic E-state index is 0.396. The van der Waals surface area contributed by atoms with Gasteiger partial charge < -0.3 is 4.39 Å². The Kier molecular flexibility index (Phi) is 2.57. The van der Waals surface area contributed by atoms with Crippen LogP contribution >= 0.6 is 0 Å². The molecule has 0 aromatic rings. The Hall–Kier alpha value is -0.485. The van der Waals surface area contributed by atoms with E-state index in [2.05, 4.69) is 27.0 Å². The monoisotopic (exact) mass is 112 g/mol. The summed E-state index contributed by atoms with van der Waals surface area (Å²) in [6.07, 6.45) is 0.